The summed E-state index contributed by atoms with van der Waals surface area (Å²) in [5, 5.41) is 13.7. The van der Waals surface area contributed by atoms with Crippen molar-refractivity contribution in [3.05, 3.63) is 70.7 Å². The van der Waals surface area contributed by atoms with Crippen LogP contribution in [0.1, 0.15) is 29.3 Å². The highest BCUT2D eigenvalue weighted by Gasteiger charge is 2.28. The Morgan fingerprint density at radius 3 is 2.55 bits per heavy atom. The van der Waals surface area contributed by atoms with Crippen molar-refractivity contribution in [3.63, 3.8) is 0 Å². The number of likely N-dealkylation sites (N-methyl/N-ethyl adjacent to an activating group) is 2. The zero-order valence-corrected chi connectivity index (χ0v) is 24.8. The van der Waals surface area contributed by atoms with Crippen LogP contribution in [0.5, 0.6) is 0 Å². The van der Waals surface area contributed by atoms with Gasteiger partial charge in [-0.1, -0.05) is 36.3 Å². The van der Waals surface area contributed by atoms with Crippen molar-refractivity contribution < 1.29 is 18.5 Å². The Hall–Kier alpha value is -3.18. The number of rotatable bonds is 11. The van der Waals surface area contributed by atoms with Crippen LogP contribution in [0, 0.1) is 19.7 Å². The van der Waals surface area contributed by atoms with Crippen molar-refractivity contribution >= 4 is 42.3 Å². The molecule has 3 aromatic rings. The molecule has 0 radical (unpaired) electrons. The van der Waals surface area contributed by atoms with Crippen LogP contribution >= 0.6 is 24.8 Å². The lowest BCUT2D eigenvalue weighted by molar-refractivity contribution is -0.151. The van der Waals surface area contributed by atoms with Gasteiger partial charge in [0.1, 0.15) is 12.4 Å². The second-order valence-electron chi connectivity index (χ2n) is 9.50. The van der Waals surface area contributed by atoms with E-state index in [1.54, 1.807) is 23.0 Å². The van der Waals surface area contributed by atoms with E-state index < -0.39 is 0 Å². The summed E-state index contributed by atoms with van der Waals surface area (Å²) >= 11 is 0. The molecule has 0 bridgehead atoms. The number of aromatic nitrogens is 1. The maximum Gasteiger partial charge on any atom is 0.256 e. The Kier molecular flexibility index (Phi) is 12.4. The Morgan fingerprint density at radius 2 is 1.88 bits per heavy atom. The first kappa shape index (κ1) is 33.0. The fraction of sp³-hybridized carbons (Fsp3) is 0.393. The zero-order chi connectivity index (χ0) is 27.2. The lowest BCUT2D eigenvalue weighted by Crippen LogP contribution is -2.49. The van der Waals surface area contributed by atoms with Crippen molar-refractivity contribution in [3.8, 4) is 11.3 Å². The Labute approximate surface area is 246 Å². The minimum absolute atomic E-state index is 0. The van der Waals surface area contributed by atoms with Gasteiger partial charge in [-0.2, -0.15) is 0 Å². The zero-order valence-electron chi connectivity index (χ0n) is 23.2. The number of anilines is 1. The summed E-state index contributed by atoms with van der Waals surface area (Å²) in [6.07, 6.45) is 0. The molecule has 2 N–H and O–H groups in total. The van der Waals surface area contributed by atoms with Crippen LogP contribution in [0.3, 0.4) is 0 Å². The molecule has 40 heavy (non-hydrogen) atoms. The van der Waals surface area contributed by atoms with Crippen LogP contribution in [0.15, 0.2) is 47.0 Å². The number of halogens is 3. The number of nitrogens with zero attached hydrogens (tertiary/aromatic N) is 4. The van der Waals surface area contributed by atoms with E-state index in [0.29, 0.717) is 37.5 Å². The van der Waals surface area contributed by atoms with Crippen molar-refractivity contribution in [2.45, 2.75) is 33.9 Å². The molecule has 4 rings (SSSR count). The molecule has 2 heterocycles. The molecule has 0 saturated carbocycles. The third-order valence-corrected chi connectivity index (χ3v) is 6.76. The highest BCUT2D eigenvalue weighted by molar-refractivity contribution is 5.87. The number of fused-ring (bicyclic) bond motifs is 1. The van der Waals surface area contributed by atoms with E-state index in [0.717, 1.165) is 34.6 Å². The number of carbonyl (C=O) groups is 2. The molecule has 0 unspecified atom stereocenters. The summed E-state index contributed by atoms with van der Waals surface area (Å²) in [5.41, 5.74) is 4.90. The van der Waals surface area contributed by atoms with Gasteiger partial charge in [0.15, 0.2) is 5.76 Å². The van der Waals surface area contributed by atoms with Gasteiger partial charge in [0.05, 0.1) is 12.2 Å². The average Bonchev–Trinajstić information content (AvgIpc) is 3.54. The standard InChI is InChI=1S/C28H35FN6O3.2ClH/c1-5-30-11-12-34(18-28(37)33(4)35-16-22-7-6-8-24(29)23(22)17-35)27(36)15-31-25-14-21(10-9-19(25)2)26-13-20(3)32-38-26;;/h6-10,13-14,30-31H,5,11-12,15-18H2,1-4H3;2*1H. The molecular weight excluding hydrogens is 558 g/mol. The maximum absolute atomic E-state index is 14.2. The smallest absolute Gasteiger partial charge is 0.256 e. The van der Waals surface area contributed by atoms with Crippen LogP contribution in [-0.4, -0.2) is 71.7 Å². The fourth-order valence-corrected chi connectivity index (χ4v) is 4.43. The maximum atomic E-state index is 14.2. The number of amides is 2. The SMILES string of the molecule is CCNCCN(CC(=O)N(C)N1Cc2cccc(F)c2C1)C(=O)CNc1cc(-c2cc(C)no2)ccc1C.Cl.Cl. The quantitative estimate of drug-likeness (QED) is 0.322. The first-order chi connectivity index (χ1) is 18.3. The van der Waals surface area contributed by atoms with Gasteiger partial charge in [0.25, 0.3) is 5.91 Å². The topological polar surface area (TPSA) is 94.0 Å². The summed E-state index contributed by atoms with van der Waals surface area (Å²) in [5.74, 6) is -0.0402. The monoisotopic (exact) mass is 594 g/mol. The summed E-state index contributed by atoms with van der Waals surface area (Å²) in [4.78, 5) is 28.0. The Morgan fingerprint density at radius 1 is 1.10 bits per heavy atom. The number of aryl methyl sites for hydroxylation is 2. The van der Waals surface area contributed by atoms with Crippen molar-refractivity contribution in [2.24, 2.45) is 0 Å². The molecule has 0 spiro atoms. The van der Waals surface area contributed by atoms with Crippen molar-refractivity contribution in [1.82, 2.24) is 25.4 Å². The van der Waals surface area contributed by atoms with Gasteiger partial charge in [-0.15, -0.1) is 24.8 Å². The van der Waals surface area contributed by atoms with Gasteiger partial charge < -0.3 is 20.1 Å². The number of carbonyl (C=O) groups excluding carboxylic acids is 2. The molecule has 2 aromatic carbocycles. The van der Waals surface area contributed by atoms with Gasteiger partial charge in [-0.3, -0.25) is 14.6 Å². The number of benzene rings is 2. The van der Waals surface area contributed by atoms with Gasteiger partial charge in [0, 0.05) is 56.1 Å². The number of hydrogen-bond acceptors (Lipinski definition) is 7. The van der Waals surface area contributed by atoms with Crippen LogP contribution in [-0.2, 0) is 22.7 Å². The van der Waals surface area contributed by atoms with E-state index in [1.807, 2.05) is 51.1 Å². The van der Waals surface area contributed by atoms with Gasteiger partial charge in [-0.05, 0) is 43.7 Å². The molecular formula is C28H37Cl2FN6O3. The lowest BCUT2D eigenvalue weighted by Gasteiger charge is -2.31. The molecule has 9 nitrogen and oxygen atoms in total. The summed E-state index contributed by atoms with van der Waals surface area (Å²) in [7, 11) is 1.66. The van der Waals surface area contributed by atoms with Crippen molar-refractivity contribution in [2.75, 3.05) is 45.1 Å². The predicted molar refractivity (Wildman–Crippen MR) is 158 cm³/mol. The molecule has 0 atom stereocenters. The van der Waals surface area contributed by atoms with Crippen molar-refractivity contribution in [1.29, 1.82) is 0 Å². The highest BCUT2D eigenvalue weighted by Crippen LogP contribution is 2.27. The first-order valence-electron chi connectivity index (χ1n) is 12.8. The van der Waals surface area contributed by atoms with Gasteiger partial charge >= 0.3 is 0 Å². The molecule has 1 aromatic heterocycles. The van der Waals surface area contributed by atoms with E-state index in [2.05, 4.69) is 15.8 Å². The van der Waals surface area contributed by atoms with Crippen LogP contribution in [0.25, 0.3) is 11.3 Å². The van der Waals surface area contributed by atoms with Gasteiger partial charge in [-0.25, -0.2) is 9.40 Å². The second-order valence-corrected chi connectivity index (χ2v) is 9.50. The summed E-state index contributed by atoms with van der Waals surface area (Å²) < 4.78 is 19.6. The van der Waals surface area contributed by atoms with Crippen LogP contribution < -0.4 is 10.6 Å². The van der Waals surface area contributed by atoms with Gasteiger partial charge in [0.2, 0.25) is 5.91 Å². The van der Waals surface area contributed by atoms with Crippen LogP contribution in [0.4, 0.5) is 10.1 Å². The molecule has 1 aliphatic heterocycles. The minimum Gasteiger partial charge on any atom is -0.376 e. The molecule has 0 aliphatic carbocycles. The number of nitrogens with one attached hydrogen (secondary N) is 2. The number of hydrazine groups is 1. The highest BCUT2D eigenvalue weighted by atomic mass is 35.5. The third kappa shape index (κ3) is 7.94. The number of hydrogen-bond donors (Lipinski definition) is 2. The molecule has 2 amide bonds. The second kappa shape index (κ2) is 15.0. The lowest BCUT2D eigenvalue weighted by atomic mass is 10.1. The molecule has 12 heteroatoms. The summed E-state index contributed by atoms with van der Waals surface area (Å²) in [6.45, 7) is 8.25. The van der Waals surface area contributed by atoms with E-state index in [1.165, 1.54) is 11.1 Å². The van der Waals surface area contributed by atoms with E-state index in [-0.39, 0.29) is 55.5 Å². The normalized spacial score (nSPS) is 12.2. The Balaban J connectivity index is 0.00000280. The molecule has 218 valence electrons. The van der Waals surface area contributed by atoms with E-state index >= 15 is 0 Å². The van der Waals surface area contributed by atoms with Crippen LogP contribution in [0.2, 0.25) is 0 Å². The third-order valence-electron chi connectivity index (χ3n) is 6.76. The molecule has 0 fully saturated rings. The van der Waals surface area contributed by atoms with E-state index in [9.17, 15) is 14.0 Å². The van der Waals surface area contributed by atoms with E-state index in [4.69, 9.17) is 4.52 Å². The molecule has 1 aliphatic rings. The average molecular weight is 596 g/mol. The molecule has 0 saturated heterocycles. The first-order valence-corrected chi connectivity index (χ1v) is 12.8. The minimum atomic E-state index is -0.267. The summed E-state index contributed by atoms with van der Waals surface area (Å²) in [6, 6.07) is 12.7. The largest absolute Gasteiger partial charge is 0.376 e. The predicted octanol–water partition coefficient (Wildman–Crippen LogP) is 4.18. The fourth-order valence-electron chi connectivity index (χ4n) is 4.43. The Bertz CT molecular complexity index is 1300.